The zero-order valence-electron chi connectivity index (χ0n) is 12.7. The number of anilines is 3. The van der Waals surface area contributed by atoms with E-state index in [2.05, 4.69) is 20.6 Å². The van der Waals surface area contributed by atoms with E-state index < -0.39 is 11.7 Å². The number of alkyl halides is 3. The van der Waals surface area contributed by atoms with Crippen molar-refractivity contribution in [3.63, 3.8) is 0 Å². The number of aliphatic imine (C=N–C) groups is 2. The second-order valence-electron chi connectivity index (χ2n) is 4.26. The van der Waals surface area contributed by atoms with Gasteiger partial charge in [-0.15, -0.1) is 0 Å². The smallest absolute Gasteiger partial charge is 0.397 e. The summed E-state index contributed by atoms with van der Waals surface area (Å²) in [5.41, 5.74) is 4.93. The molecule has 23 heavy (non-hydrogen) atoms. The molecule has 0 spiro atoms. The van der Waals surface area contributed by atoms with Crippen LogP contribution in [0.3, 0.4) is 0 Å². The fourth-order valence-electron chi connectivity index (χ4n) is 1.59. The van der Waals surface area contributed by atoms with Crippen LogP contribution in [-0.4, -0.2) is 12.6 Å². The summed E-state index contributed by atoms with van der Waals surface area (Å²) in [4.78, 5) is 7.61. The molecule has 1 aromatic carbocycles. The van der Waals surface area contributed by atoms with Crippen LogP contribution in [0.1, 0.15) is 19.4 Å². The van der Waals surface area contributed by atoms with E-state index >= 15 is 0 Å². The zero-order chi connectivity index (χ0) is 17.3. The summed E-state index contributed by atoms with van der Waals surface area (Å²) in [6.45, 7) is 3.48. The number of hydrogen-bond donors (Lipinski definition) is 3. The predicted molar refractivity (Wildman–Crippen MR) is 89.7 cm³/mol. The summed E-state index contributed by atoms with van der Waals surface area (Å²) in [5.74, 6) is 0. The van der Waals surface area contributed by atoms with Gasteiger partial charge >= 0.3 is 6.18 Å². The summed E-state index contributed by atoms with van der Waals surface area (Å²) >= 11 is 0. The molecule has 8 heteroatoms. The largest absolute Gasteiger partial charge is 0.418 e. The van der Waals surface area contributed by atoms with Crippen molar-refractivity contribution in [3.8, 4) is 0 Å². The van der Waals surface area contributed by atoms with Crippen molar-refractivity contribution in [3.05, 3.63) is 42.4 Å². The van der Waals surface area contributed by atoms with Crippen molar-refractivity contribution in [1.82, 2.24) is 0 Å². The number of hydrogen-bond acceptors (Lipinski definition) is 4. The maximum absolute atomic E-state index is 13.1. The predicted octanol–water partition coefficient (Wildman–Crippen LogP) is 4.24. The van der Waals surface area contributed by atoms with Crippen molar-refractivity contribution >= 4 is 29.6 Å². The molecule has 5 nitrogen and oxygen atoms in total. The highest BCUT2D eigenvalue weighted by atomic mass is 19.4. The van der Waals surface area contributed by atoms with Gasteiger partial charge in [-0.2, -0.15) is 13.2 Å². The maximum atomic E-state index is 13.1. The molecule has 4 N–H and O–H groups in total. The summed E-state index contributed by atoms with van der Waals surface area (Å²) in [7, 11) is 0. The molecule has 0 fully saturated rings. The fourth-order valence-corrected chi connectivity index (χ4v) is 1.59. The van der Waals surface area contributed by atoms with E-state index in [1.54, 1.807) is 26.1 Å². The van der Waals surface area contributed by atoms with E-state index in [1.807, 2.05) is 0 Å². The molecule has 0 radical (unpaired) electrons. The minimum absolute atomic E-state index is 0.0293. The van der Waals surface area contributed by atoms with Crippen LogP contribution in [0.4, 0.5) is 30.2 Å². The number of rotatable bonds is 6. The summed E-state index contributed by atoms with van der Waals surface area (Å²) in [6, 6.07) is 2.13. The quantitative estimate of drug-likeness (QED) is 0.416. The number of halogens is 3. The molecule has 0 aliphatic rings. The van der Waals surface area contributed by atoms with Crippen molar-refractivity contribution < 1.29 is 13.2 Å². The van der Waals surface area contributed by atoms with Gasteiger partial charge in [0.25, 0.3) is 0 Å². The normalized spacial score (nSPS) is 12.9. The van der Waals surface area contributed by atoms with Gasteiger partial charge in [0.15, 0.2) is 0 Å². The molecule has 0 amide bonds. The maximum Gasteiger partial charge on any atom is 0.418 e. The third-order valence-corrected chi connectivity index (χ3v) is 2.57. The molecule has 124 valence electrons. The van der Waals surface area contributed by atoms with Gasteiger partial charge in [-0.05, 0) is 26.0 Å². The molecule has 0 heterocycles. The van der Waals surface area contributed by atoms with Gasteiger partial charge in [0.05, 0.1) is 29.0 Å². The molecule has 0 bridgehead atoms. The zero-order valence-corrected chi connectivity index (χ0v) is 12.7. The van der Waals surface area contributed by atoms with Gasteiger partial charge in [-0.3, -0.25) is 4.99 Å². The average molecular weight is 325 g/mol. The van der Waals surface area contributed by atoms with Crippen LogP contribution < -0.4 is 16.4 Å². The second-order valence-corrected chi connectivity index (χ2v) is 4.26. The van der Waals surface area contributed by atoms with Crippen molar-refractivity contribution in [2.75, 3.05) is 16.4 Å². The van der Waals surface area contributed by atoms with Crippen LogP contribution in [0, 0.1) is 0 Å². The first-order chi connectivity index (χ1) is 10.9. The molecule has 0 saturated carbocycles. The topological polar surface area (TPSA) is 74.8 Å². The Morgan fingerprint density at radius 2 is 1.78 bits per heavy atom. The third-order valence-electron chi connectivity index (χ3n) is 2.57. The molecular weight excluding hydrogens is 307 g/mol. The highest BCUT2D eigenvalue weighted by Gasteiger charge is 2.34. The van der Waals surface area contributed by atoms with Crippen LogP contribution in [0.2, 0.25) is 0 Å². The Morgan fingerprint density at radius 1 is 1.04 bits per heavy atom. The van der Waals surface area contributed by atoms with E-state index in [0.29, 0.717) is 5.69 Å². The number of nitrogens with zero attached hydrogens (tertiary/aromatic N) is 2. The average Bonchev–Trinajstić information content (AvgIpc) is 2.49. The first-order valence-corrected chi connectivity index (χ1v) is 6.69. The number of benzene rings is 1. The Hall–Kier alpha value is -2.77. The minimum atomic E-state index is -4.54. The van der Waals surface area contributed by atoms with E-state index in [1.165, 1.54) is 31.0 Å². The first kappa shape index (κ1) is 18.3. The number of nitrogens with one attached hydrogen (secondary N) is 2. The lowest BCUT2D eigenvalue weighted by molar-refractivity contribution is -0.136. The van der Waals surface area contributed by atoms with Crippen LogP contribution in [-0.2, 0) is 6.18 Å². The van der Waals surface area contributed by atoms with Gasteiger partial charge < -0.3 is 16.4 Å². The lowest BCUT2D eigenvalue weighted by Crippen LogP contribution is -2.12. The van der Waals surface area contributed by atoms with Gasteiger partial charge in [0, 0.05) is 24.8 Å². The number of nitrogens with two attached hydrogens (primary N) is 1. The van der Waals surface area contributed by atoms with Crippen LogP contribution in [0.15, 0.2) is 46.8 Å². The first-order valence-electron chi connectivity index (χ1n) is 6.69. The lowest BCUT2D eigenvalue weighted by atomic mass is 10.1. The monoisotopic (exact) mass is 325 g/mol. The summed E-state index contributed by atoms with van der Waals surface area (Å²) in [6.07, 6.45) is 4.22. The third kappa shape index (κ3) is 5.85. The van der Waals surface area contributed by atoms with Crippen molar-refractivity contribution in [2.24, 2.45) is 9.98 Å². The molecular formula is C15H18F3N5. The molecule has 0 aromatic heterocycles. The number of allylic oxidation sites excluding steroid dienone is 1. The van der Waals surface area contributed by atoms with Crippen molar-refractivity contribution in [2.45, 2.75) is 20.0 Å². The highest BCUT2D eigenvalue weighted by Crippen LogP contribution is 2.38. The SMILES string of the molecule is CC=N/C=C\Nc1cc(NC=N/C=C\C)c(C(F)(F)F)cc1N. The Labute approximate surface area is 132 Å². The van der Waals surface area contributed by atoms with E-state index in [9.17, 15) is 13.2 Å². The van der Waals surface area contributed by atoms with E-state index in [0.717, 1.165) is 6.07 Å². The van der Waals surface area contributed by atoms with E-state index in [-0.39, 0.29) is 11.4 Å². The lowest BCUT2D eigenvalue weighted by Gasteiger charge is -2.16. The minimum Gasteiger partial charge on any atom is -0.397 e. The molecule has 0 unspecified atom stereocenters. The molecule has 1 rings (SSSR count). The van der Waals surface area contributed by atoms with Gasteiger partial charge in [-0.1, -0.05) is 6.08 Å². The number of nitrogen functional groups attached to an aromatic ring is 1. The summed E-state index contributed by atoms with van der Waals surface area (Å²) in [5, 5.41) is 5.29. The van der Waals surface area contributed by atoms with Crippen LogP contribution >= 0.6 is 0 Å². The second kappa shape index (κ2) is 8.62. The molecule has 0 aliphatic carbocycles. The van der Waals surface area contributed by atoms with Gasteiger partial charge in [0.1, 0.15) is 0 Å². The fraction of sp³-hybridized carbons (Fsp3) is 0.200. The Morgan fingerprint density at radius 3 is 2.39 bits per heavy atom. The van der Waals surface area contributed by atoms with Crippen LogP contribution in [0.5, 0.6) is 0 Å². The van der Waals surface area contributed by atoms with Crippen LogP contribution in [0.25, 0.3) is 0 Å². The van der Waals surface area contributed by atoms with Crippen molar-refractivity contribution in [1.29, 1.82) is 0 Å². The Kier molecular flexibility index (Phi) is 6.85. The standard InChI is InChI=1S/C15H18F3N5/c1-3-5-21-10-23-13-9-14(22-7-6-20-4-2)12(19)8-11(13)15(16,17)18/h3-10,22H,19H2,1-2H3,(H,21,23)/b5-3-,7-6-,20-4?. The molecule has 0 aliphatic heterocycles. The van der Waals surface area contributed by atoms with E-state index in [4.69, 9.17) is 5.73 Å². The van der Waals surface area contributed by atoms with Gasteiger partial charge in [0.2, 0.25) is 0 Å². The Bertz CT molecular complexity index is 631. The Balaban J connectivity index is 3.15. The molecule has 1 aromatic rings. The molecule has 0 saturated heterocycles. The van der Waals surface area contributed by atoms with Gasteiger partial charge in [-0.25, -0.2) is 4.99 Å². The summed E-state index contributed by atoms with van der Waals surface area (Å²) < 4.78 is 39.2. The highest BCUT2D eigenvalue weighted by molar-refractivity contribution is 5.83. The molecule has 0 atom stereocenters.